The Labute approximate surface area is 384 Å². The second kappa shape index (κ2) is 17.5. The number of anilines is 2. The maximum absolute atomic E-state index is 15.8. The summed E-state index contributed by atoms with van der Waals surface area (Å²) < 4.78 is 84.3. The fraction of sp³-hybridized carbons (Fsp3) is 0.269. The van der Waals surface area contributed by atoms with Gasteiger partial charge in [0, 0.05) is 24.2 Å². The standard InChI is InChI=1S/C26H24FNO4S.C26H25NO5S/c1-32-22-10-5-6-11-23(22)33(30,31)28-18-14-20(25(27)17-8-3-2-4-9-17)19-16-24(29)26(12-7-13-26)21(19)15-18;1-32-22-10-5-6-11-23(22)33(30,31)27-18-14-20(25(29)17-8-3-2-4-9-17)19-16-24(28)26(12-7-13-26)21(19)15-18/h2-6,8-11,14-15,25,28H,7,12-13,16H2,1H3;2-6,8-11,14-15,25,27,29H,7,12-13,16H2,1H3. The molecule has 3 N–H and O–H groups in total. The molecule has 340 valence electrons. The molecule has 0 aromatic heterocycles. The van der Waals surface area contributed by atoms with Crippen LogP contribution in [0.4, 0.5) is 15.8 Å². The molecule has 66 heavy (non-hydrogen) atoms. The Hall–Kier alpha value is -6.35. The third kappa shape index (κ3) is 7.84. The molecular formula is C52H49FN2O9S2. The van der Waals surface area contributed by atoms with Crippen LogP contribution in [0.3, 0.4) is 0 Å². The maximum Gasteiger partial charge on any atom is 0.265 e. The number of hydrogen-bond acceptors (Lipinski definition) is 9. The molecule has 2 fully saturated rings. The van der Waals surface area contributed by atoms with Crippen molar-refractivity contribution in [1.29, 1.82) is 0 Å². The molecule has 6 aromatic rings. The highest BCUT2D eigenvalue weighted by molar-refractivity contribution is 7.93. The molecule has 2 unspecified atom stereocenters. The molecule has 6 aromatic carbocycles. The van der Waals surface area contributed by atoms with Crippen LogP contribution >= 0.6 is 0 Å². The van der Waals surface area contributed by atoms with Crippen LogP contribution in [-0.4, -0.2) is 47.7 Å². The lowest BCUT2D eigenvalue weighted by atomic mass is 9.64. The summed E-state index contributed by atoms with van der Waals surface area (Å²) in [5, 5.41) is 11.2. The molecule has 0 saturated heterocycles. The molecule has 0 bridgehead atoms. The topological polar surface area (TPSA) is 165 Å². The van der Waals surface area contributed by atoms with Crippen molar-refractivity contribution in [1.82, 2.24) is 0 Å². The van der Waals surface area contributed by atoms with Crippen LogP contribution in [0.2, 0.25) is 0 Å². The van der Waals surface area contributed by atoms with Crippen LogP contribution in [0.1, 0.15) is 95.3 Å². The Morgan fingerprint density at radius 2 is 0.955 bits per heavy atom. The van der Waals surface area contributed by atoms with Gasteiger partial charge in [-0.2, -0.15) is 0 Å². The van der Waals surface area contributed by atoms with E-state index < -0.39 is 43.2 Å². The zero-order chi connectivity index (χ0) is 46.4. The number of ether oxygens (including phenoxy) is 2. The molecule has 0 amide bonds. The van der Waals surface area contributed by atoms with Gasteiger partial charge in [0.2, 0.25) is 0 Å². The van der Waals surface area contributed by atoms with Gasteiger partial charge in [-0.05, 0) is 119 Å². The molecule has 0 heterocycles. The number of methoxy groups -OCH3 is 2. The Morgan fingerprint density at radius 1 is 0.561 bits per heavy atom. The zero-order valence-electron chi connectivity index (χ0n) is 36.4. The molecule has 11 nitrogen and oxygen atoms in total. The Balaban J connectivity index is 0.000000166. The first-order valence-corrected chi connectivity index (χ1v) is 24.8. The SMILES string of the molecule is COc1ccccc1S(=O)(=O)Nc1cc(C(F)c2ccccc2)c2c(c1)C1(CCC1)C(=O)C2.COc1ccccc1S(=O)(=O)Nc1cc(C(O)c2ccccc2)c2c(c1)C1(CCC1)C(=O)C2. The third-order valence-electron chi connectivity index (χ3n) is 13.8. The van der Waals surface area contributed by atoms with Gasteiger partial charge in [0.25, 0.3) is 20.0 Å². The first kappa shape index (κ1) is 44.8. The van der Waals surface area contributed by atoms with Crippen molar-refractivity contribution < 1.29 is 45.4 Å². The summed E-state index contributed by atoms with van der Waals surface area (Å²) in [4.78, 5) is 26.0. The number of ketones is 2. The Kier molecular flexibility index (Phi) is 11.9. The molecule has 14 heteroatoms. The monoisotopic (exact) mass is 928 g/mol. The smallest absolute Gasteiger partial charge is 0.265 e. The predicted octanol–water partition coefficient (Wildman–Crippen LogP) is 9.23. The number of benzene rings is 6. The minimum atomic E-state index is -4.00. The van der Waals surface area contributed by atoms with Crippen molar-refractivity contribution in [3.8, 4) is 11.5 Å². The zero-order valence-corrected chi connectivity index (χ0v) is 38.1. The van der Waals surface area contributed by atoms with E-state index in [0.29, 0.717) is 46.3 Å². The summed E-state index contributed by atoms with van der Waals surface area (Å²) >= 11 is 0. The van der Waals surface area contributed by atoms with E-state index in [1.807, 2.05) is 36.4 Å². The van der Waals surface area contributed by atoms with Gasteiger partial charge in [-0.3, -0.25) is 19.0 Å². The first-order chi connectivity index (χ1) is 31.7. The van der Waals surface area contributed by atoms with Crippen LogP contribution in [0.15, 0.2) is 143 Å². The highest BCUT2D eigenvalue weighted by Crippen LogP contribution is 2.54. The summed E-state index contributed by atoms with van der Waals surface area (Å²) in [6.45, 7) is 0. The number of rotatable bonds is 12. The lowest BCUT2D eigenvalue weighted by Gasteiger charge is -2.38. The average molecular weight is 929 g/mol. The van der Waals surface area contributed by atoms with E-state index in [1.54, 1.807) is 78.9 Å². The molecule has 10 rings (SSSR count). The second-order valence-corrected chi connectivity index (χ2v) is 20.7. The largest absolute Gasteiger partial charge is 0.495 e. The van der Waals surface area contributed by atoms with Crippen molar-refractivity contribution >= 4 is 43.0 Å². The van der Waals surface area contributed by atoms with E-state index in [9.17, 15) is 31.5 Å². The average Bonchev–Trinajstić information content (AvgIpc) is 3.78. The second-order valence-electron chi connectivity index (χ2n) is 17.4. The number of aliphatic hydroxyl groups is 1. The van der Waals surface area contributed by atoms with Gasteiger partial charge in [0.1, 0.15) is 39.0 Å². The summed E-state index contributed by atoms with van der Waals surface area (Å²) in [5.41, 5.74) is 4.54. The molecule has 2 saturated carbocycles. The first-order valence-electron chi connectivity index (χ1n) is 21.9. The number of aliphatic hydroxyl groups excluding tert-OH is 1. The summed E-state index contributed by atoms with van der Waals surface area (Å²) in [7, 11) is -5.14. The number of hydrogen-bond donors (Lipinski definition) is 3. The number of carbonyl (C=O) groups is 2. The molecule has 4 aliphatic carbocycles. The molecule has 4 aliphatic rings. The van der Waals surface area contributed by atoms with Crippen LogP contribution in [-0.2, 0) is 53.3 Å². The van der Waals surface area contributed by atoms with Gasteiger partial charge in [-0.25, -0.2) is 21.2 Å². The van der Waals surface area contributed by atoms with E-state index in [-0.39, 0.29) is 51.4 Å². The number of halogens is 1. The highest BCUT2D eigenvalue weighted by atomic mass is 32.2. The molecule has 0 radical (unpaired) electrons. The molecule has 2 atom stereocenters. The minimum absolute atomic E-state index is 0.0103. The van der Waals surface area contributed by atoms with Crippen LogP contribution in [0.25, 0.3) is 0 Å². The van der Waals surface area contributed by atoms with E-state index in [0.717, 1.165) is 42.4 Å². The van der Waals surface area contributed by atoms with Crippen LogP contribution < -0.4 is 18.9 Å². The van der Waals surface area contributed by atoms with Crippen LogP contribution in [0.5, 0.6) is 11.5 Å². The predicted molar refractivity (Wildman–Crippen MR) is 249 cm³/mol. The van der Waals surface area contributed by atoms with Crippen molar-refractivity contribution in [2.45, 2.75) is 84.3 Å². The number of para-hydroxylation sites is 2. The van der Waals surface area contributed by atoms with Crippen molar-refractivity contribution in [2.24, 2.45) is 0 Å². The number of carbonyl (C=O) groups excluding carboxylic acids is 2. The van der Waals surface area contributed by atoms with E-state index in [4.69, 9.17) is 9.47 Å². The quantitative estimate of drug-likeness (QED) is 0.109. The van der Waals surface area contributed by atoms with Crippen molar-refractivity contribution in [3.63, 3.8) is 0 Å². The number of alkyl halides is 1. The molecule has 2 spiro atoms. The normalized spacial score (nSPS) is 17.3. The molecule has 0 aliphatic heterocycles. The number of fused-ring (bicyclic) bond motifs is 4. The van der Waals surface area contributed by atoms with Gasteiger partial charge in [-0.1, -0.05) is 97.8 Å². The lowest BCUT2D eigenvalue weighted by molar-refractivity contribution is -0.126. The van der Waals surface area contributed by atoms with E-state index in [1.165, 1.54) is 32.4 Å². The highest BCUT2D eigenvalue weighted by Gasteiger charge is 2.53. The third-order valence-corrected chi connectivity index (χ3v) is 16.6. The van der Waals surface area contributed by atoms with E-state index >= 15 is 4.39 Å². The summed E-state index contributed by atoms with van der Waals surface area (Å²) in [6.07, 6.45) is 2.80. The van der Waals surface area contributed by atoms with Gasteiger partial charge in [0.05, 0.1) is 25.0 Å². The fourth-order valence-corrected chi connectivity index (χ4v) is 12.5. The van der Waals surface area contributed by atoms with Gasteiger partial charge >= 0.3 is 0 Å². The Bertz CT molecular complexity index is 2870. The Morgan fingerprint density at radius 3 is 1.38 bits per heavy atom. The van der Waals surface area contributed by atoms with Crippen molar-refractivity contribution in [2.75, 3.05) is 23.7 Å². The maximum atomic E-state index is 15.8. The van der Waals surface area contributed by atoms with Gasteiger partial charge < -0.3 is 14.6 Å². The summed E-state index contributed by atoms with van der Waals surface area (Å²) in [5.74, 6) is 0.691. The van der Waals surface area contributed by atoms with Crippen LogP contribution in [0, 0.1) is 0 Å². The summed E-state index contributed by atoms with van der Waals surface area (Å²) in [6, 6.07) is 37.3. The number of nitrogens with one attached hydrogen (secondary N) is 2. The van der Waals surface area contributed by atoms with Crippen molar-refractivity contribution in [3.05, 3.63) is 178 Å². The minimum Gasteiger partial charge on any atom is -0.495 e. The number of Topliss-reactive ketones (excluding diaryl/α,β-unsaturated/α-hetero) is 2. The lowest BCUT2D eigenvalue weighted by Crippen LogP contribution is -2.39. The van der Waals surface area contributed by atoms with Gasteiger partial charge in [0.15, 0.2) is 6.17 Å². The van der Waals surface area contributed by atoms with E-state index in [2.05, 4.69) is 9.44 Å². The number of sulfonamides is 2. The van der Waals surface area contributed by atoms with Gasteiger partial charge in [-0.15, -0.1) is 0 Å². The fourth-order valence-electron chi connectivity index (χ4n) is 10.1. The molecular weight excluding hydrogens is 880 g/mol.